The molecule has 11 aromatic carbocycles. The molecule has 0 N–H and O–H groups in total. The lowest BCUT2D eigenvalue weighted by atomic mass is 9.77. The van der Waals surface area contributed by atoms with E-state index >= 15 is 0 Å². The van der Waals surface area contributed by atoms with Gasteiger partial charge in [0.15, 0.2) is 0 Å². The van der Waals surface area contributed by atoms with Gasteiger partial charge < -0.3 is 4.57 Å². The minimum atomic E-state index is -0.191. The summed E-state index contributed by atoms with van der Waals surface area (Å²) >= 11 is 1.88. The van der Waals surface area contributed by atoms with E-state index in [0.29, 0.717) is 0 Å². The molecular weight excluding hydrogens is 875 g/mol. The SMILES string of the molecule is CC(C)(c1ccc(-c2ccc(-c3ccc(-c4ccccc4-c4ccccc4-c4ccccc4)cc3)cc2)cc1)c1ccc2sc3ccc(-c4ccc(-n5c6ccccc6c6ccccc65)cc4)cc3c2c1. The smallest absolute Gasteiger partial charge is 0.0541 e. The van der Waals surface area contributed by atoms with Crippen LogP contribution in [0.2, 0.25) is 0 Å². The molecule has 0 aliphatic rings. The zero-order chi connectivity index (χ0) is 47.5. The fourth-order valence-electron chi connectivity index (χ4n) is 10.8. The van der Waals surface area contributed by atoms with Gasteiger partial charge in [0.05, 0.1) is 11.0 Å². The Labute approximate surface area is 419 Å². The summed E-state index contributed by atoms with van der Waals surface area (Å²) in [4.78, 5) is 0. The number of fused-ring (bicyclic) bond motifs is 6. The number of thiophene rings is 1. The molecule has 0 unspecified atom stereocenters. The molecule has 13 rings (SSSR count). The molecule has 13 aromatic rings. The van der Waals surface area contributed by atoms with Crippen LogP contribution >= 0.6 is 11.3 Å². The molecule has 0 amide bonds. The first-order valence-electron chi connectivity index (χ1n) is 24.6. The van der Waals surface area contributed by atoms with Crippen molar-refractivity contribution in [1.29, 1.82) is 0 Å². The number of aromatic nitrogens is 1. The van der Waals surface area contributed by atoms with Gasteiger partial charge in [-0.2, -0.15) is 0 Å². The lowest BCUT2D eigenvalue weighted by Crippen LogP contribution is -2.18. The zero-order valence-electron chi connectivity index (χ0n) is 39.7. The Morgan fingerprint density at radius 2 is 0.662 bits per heavy atom. The quantitative estimate of drug-likeness (QED) is 0.136. The predicted octanol–water partition coefficient (Wildman–Crippen LogP) is 19.5. The largest absolute Gasteiger partial charge is 0.309 e. The maximum absolute atomic E-state index is 2.44. The van der Waals surface area contributed by atoms with Crippen molar-refractivity contribution in [1.82, 2.24) is 4.57 Å². The summed E-state index contributed by atoms with van der Waals surface area (Å²) in [6.07, 6.45) is 0. The molecule has 0 bridgehead atoms. The summed E-state index contributed by atoms with van der Waals surface area (Å²) in [5.41, 5.74) is 20.7. The van der Waals surface area contributed by atoms with Gasteiger partial charge in [-0.1, -0.05) is 226 Å². The van der Waals surface area contributed by atoms with Crippen LogP contribution in [-0.2, 0) is 5.41 Å². The van der Waals surface area contributed by atoms with E-state index in [2.05, 4.69) is 279 Å². The van der Waals surface area contributed by atoms with Crippen LogP contribution < -0.4 is 0 Å². The molecule has 1 nitrogen and oxygen atoms in total. The minimum absolute atomic E-state index is 0.191. The number of para-hydroxylation sites is 2. The molecule has 0 atom stereocenters. The maximum atomic E-state index is 2.44. The number of nitrogens with zero attached hydrogens (tertiary/aromatic N) is 1. The molecule has 2 heteroatoms. The molecule has 0 radical (unpaired) electrons. The normalized spacial score (nSPS) is 11.8. The number of rotatable bonds is 9. The van der Waals surface area contributed by atoms with Gasteiger partial charge in [-0.25, -0.2) is 0 Å². The molecule has 0 spiro atoms. The first-order chi connectivity index (χ1) is 34.9. The van der Waals surface area contributed by atoms with E-state index in [1.54, 1.807) is 0 Å². The van der Waals surface area contributed by atoms with Gasteiger partial charge in [-0.3, -0.25) is 0 Å². The van der Waals surface area contributed by atoms with Crippen molar-refractivity contribution in [3.05, 3.63) is 272 Å². The van der Waals surface area contributed by atoms with Gasteiger partial charge in [0, 0.05) is 42.0 Å². The summed E-state index contributed by atoms with van der Waals surface area (Å²) in [6, 6.07) is 95.9. The van der Waals surface area contributed by atoms with Crippen LogP contribution in [0.4, 0.5) is 0 Å². The van der Waals surface area contributed by atoms with Crippen LogP contribution in [0.15, 0.2) is 261 Å². The number of hydrogen-bond acceptors (Lipinski definition) is 1. The fraction of sp³-hybridized carbons (Fsp3) is 0.0435. The molecule has 336 valence electrons. The molecule has 0 aliphatic carbocycles. The van der Waals surface area contributed by atoms with Crippen LogP contribution in [0.1, 0.15) is 25.0 Å². The molecule has 0 fully saturated rings. The van der Waals surface area contributed by atoms with Gasteiger partial charge in [0.25, 0.3) is 0 Å². The van der Waals surface area contributed by atoms with Crippen molar-refractivity contribution in [3.8, 4) is 72.4 Å². The van der Waals surface area contributed by atoms with Crippen LogP contribution in [0.5, 0.6) is 0 Å². The van der Waals surface area contributed by atoms with Gasteiger partial charge in [0.2, 0.25) is 0 Å². The monoisotopic (exact) mass is 923 g/mol. The van der Waals surface area contributed by atoms with E-state index in [0.717, 1.165) is 0 Å². The second kappa shape index (κ2) is 17.4. The Bertz CT molecular complexity index is 4030. The third kappa shape index (κ3) is 7.56. The fourth-order valence-corrected chi connectivity index (χ4v) is 11.9. The second-order valence-electron chi connectivity index (χ2n) is 19.3. The van der Waals surface area contributed by atoms with Gasteiger partial charge in [0.1, 0.15) is 0 Å². The number of benzene rings is 11. The molecule has 0 aliphatic heterocycles. The molecule has 2 aromatic heterocycles. The van der Waals surface area contributed by atoms with Crippen molar-refractivity contribution in [2.24, 2.45) is 0 Å². The third-order valence-corrected chi connectivity index (χ3v) is 16.0. The van der Waals surface area contributed by atoms with Crippen LogP contribution in [0.3, 0.4) is 0 Å². The highest BCUT2D eigenvalue weighted by molar-refractivity contribution is 7.25. The Morgan fingerprint density at radius 1 is 0.282 bits per heavy atom. The molecular formula is C69H49NS. The van der Waals surface area contributed by atoms with Gasteiger partial charge >= 0.3 is 0 Å². The standard InChI is InChI=1S/C69H49NS/c1-69(2,55-39-43-68-64(45-55)63-44-53(36-42-67(63)71-68)50-34-40-56(41-35-50)70-65-22-12-10-20-61(65)62-21-11-13-23-66(62)70)54-37-32-49(33-38-54)47-26-24-46(25-27-47)48-28-30-52(31-29-48)58-17-7-9-19-60(58)59-18-8-6-16-57(59)51-14-4-3-5-15-51/h3-45H,1-2H3. The van der Waals surface area contributed by atoms with E-state index < -0.39 is 0 Å². The van der Waals surface area contributed by atoms with E-state index in [4.69, 9.17) is 0 Å². The van der Waals surface area contributed by atoms with Crippen molar-refractivity contribution in [2.45, 2.75) is 19.3 Å². The Hall–Kier alpha value is -8.56. The first kappa shape index (κ1) is 42.5. The lowest BCUT2D eigenvalue weighted by molar-refractivity contribution is 0.642. The van der Waals surface area contributed by atoms with Crippen LogP contribution in [0, 0.1) is 0 Å². The van der Waals surface area contributed by atoms with Crippen molar-refractivity contribution < 1.29 is 0 Å². The van der Waals surface area contributed by atoms with E-state index in [1.165, 1.54) is 126 Å². The maximum Gasteiger partial charge on any atom is 0.0541 e. The summed E-state index contributed by atoms with van der Waals surface area (Å²) in [6.45, 7) is 4.70. The topological polar surface area (TPSA) is 4.93 Å². The van der Waals surface area contributed by atoms with Gasteiger partial charge in [-0.15, -0.1) is 11.3 Å². The highest BCUT2D eigenvalue weighted by Crippen LogP contribution is 2.42. The molecule has 0 saturated carbocycles. The summed E-state index contributed by atoms with van der Waals surface area (Å²) in [5.74, 6) is 0. The van der Waals surface area contributed by atoms with Crippen LogP contribution in [-0.4, -0.2) is 4.57 Å². The average Bonchev–Trinajstić information content (AvgIpc) is 3.99. The highest BCUT2D eigenvalue weighted by atomic mass is 32.1. The van der Waals surface area contributed by atoms with E-state index in [9.17, 15) is 0 Å². The highest BCUT2D eigenvalue weighted by Gasteiger charge is 2.24. The molecule has 71 heavy (non-hydrogen) atoms. The first-order valence-corrected chi connectivity index (χ1v) is 25.4. The minimum Gasteiger partial charge on any atom is -0.309 e. The predicted molar refractivity (Wildman–Crippen MR) is 305 cm³/mol. The summed E-state index contributed by atoms with van der Waals surface area (Å²) in [5, 5.41) is 5.19. The molecule has 2 heterocycles. The molecule has 0 saturated heterocycles. The van der Waals surface area contributed by atoms with Crippen LogP contribution in [0.25, 0.3) is 114 Å². The Morgan fingerprint density at radius 3 is 1.23 bits per heavy atom. The van der Waals surface area contributed by atoms with E-state index in [1.807, 2.05) is 11.3 Å². The number of hydrogen-bond donors (Lipinski definition) is 0. The Kier molecular flexibility index (Phi) is 10.4. The third-order valence-electron chi connectivity index (χ3n) is 14.8. The summed E-state index contributed by atoms with van der Waals surface area (Å²) in [7, 11) is 0. The zero-order valence-corrected chi connectivity index (χ0v) is 40.5. The Balaban J connectivity index is 0.733. The second-order valence-corrected chi connectivity index (χ2v) is 20.3. The lowest BCUT2D eigenvalue weighted by Gasteiger charge is -2.26. The average molecular weight is 924 g/mol. The van der Waals surface area contributed by atoms with Gasteiger partial charge in [-0.05, 0) is 126 Å². The summed E-state index contributed by atoms with van der Waals surface area (Å²) < 4.78 is 5.02. The van der Waals surface area contributed by atoms with Crippen molar-refractivity contribution in [2.75, 3.05) is 0 Å². The van der Waals surface area contributed by atoms with E-state index in [-0.39, 0.29) is 5.41 Å². The van der Waals surface area contributed by atoms with Crippen molar-refractivity contribution >= 4 is 53.3 Å². The van der Waals surface area contributed by atoms with Crippen molar-refractivity contribution in [3.63, 3.8) is 0 Å².